The average Bonchev–Trinajstić information content (AvgIpc) is 2.27. The molecule has 98 valence electrons. The normalized spacial score (nSPS) is 20.0. The van der Waals surface area contributed by atoms with Crippen molar-refractivity contribution >= 4 is 5.91 Å². The molecule has 0 saturated heterocycles. The summed E-state index contributed by atoms with van der Waals surface area (Å²) in [6.45, 7) is 1.81. The van der Waals surface area contributed by atoms with E-state index in [4.69, 9.17) is 5.73 Å². The summed E-state index contributed by atoms with van der Waals surface area (Å²) in [4.78, 5) is 25.8. The molecule has 1 aliphatic rings. The molecule has 5 nitrogen and oxygen atoms in total. The molecule has 0 spiro atoms. The van der Waals surface area contributed by atoms with Gasteiger partial charge in [-0.25, -0.2) is 0 Å². The molecule has 18 heavy (non-hydrogen) atoms. The van der Waals surface area contributed by atoms with Gasteiger partial charge in [0.05, 0.1) is 6.04 Å². The highest BCUT2D eigenvalue weighted by Crippen LogP contribution is 2.27. The van der Waals surface area contributed by atoms with Gasteiger partial charge in [0.25, 0.3) is 0 Å². The molecule has 5 heteroatoms. The van der Waals surface area contributed by atoms with Crippen molar-refractivity contribution < 1.29 is 4.79 Å². The zero-order valence-corrected chi connectivity index (χ0v) is 10.5. The Labute approximate surface area is 106 Å². The highest BCUT2D eigenvalue weighted by molar-refractivity contribution is 5.77. The number of aromatic nitrogens is 1. The average molecular weight is 249 g/mol. The number of amides is 1. The first kappa shape index (κ1) is 12.8. The molecule has 4 N–H and O–H groups in total. The predicted molar refractivity (Wildman–Crippen MR) is 69.2 cm³/mol. The van der Waals surface area contributed by atoms with Crippen LogP contribution in [0.15, 0.2) is 16.9 Å². The molecule has 0 fully saturated rings. The Bertz CT molecular complexity index is 493. The number of carbonyl (C=O) groups excluding carboxylic acids is 1. The minimum atomic E-state index is -0.136. The molecule has 1 heterocycles. The van der Waals surface area contributed by atoms with E-state index >= 15 is 0 Å². The van der Waals surface area contributed by atoms with Gasteiger partial charge in [-0.15, -0.1) is 0 Å². The number of pyridine rings is 1. The summed E-state index contributed by atoms with van der Waals surface area (Å²) in [6.07, 6.45) is 3.07. The first-order chi connectivity index (χ1) is 8.56. The minimum Gasteiger partial charge on any atom is -0.349 e. The van der Waals surface area contributed by atoms with Crippen LogP contribution >= 0.6 is 0 Å². The van der Waals surface area contributed by atoms with Gasteiger partial charge in [-0.1, -0.05) is 0 Å². The highest BCUT2D eigenvalue weighted by Gasteiger charge is 2.22. The second-order valence-corrected chi connectivity index (χ2v) is 4.95. The van der Waals surface area contributed by atoms with Crippen LogP contribution in [0.2, 0.25) is 0 Å². The fourth-order valence-corrected chi connectivity index (χ4v) is 2.40. The van der Waals surface area contributed by atoms with Crippen LogP contribution < -0.4 is 16.6 Å². The summed E-state index contributed by atoms with van der Waals surface area (Å²) >= 11 is 0. The van der Waals surface area contributed by atoms with Gasteiger partial charge >= 0.3 is 0 Å². The van der Waals surface area contributed by atoms with Crippen LogP contribution in [0.5, 0.6) is 0 Å². The topological polar surface area (TPSA) is 88.0 Å². The van der Waals surface area contributed by atoms with E-state index in [1.165, 1.54) is 6.07 Å². The van der Waals surface area contributed by atoms with Gasteiger partial charge in [0.15, 0.2) is 0 Å². The van der Waals surface area contributed by atoms with E-state index in [1.807, 2.05) is 13.0 Å². The summed E-state index contributed by atoms with van der Waals surface area (Å²) < 4.78 is 0. The Balaban J connectivity index is 2.13. The number of fused-ring (bicyclic) bond motifs is 1. The van der Waals surface area contributed by atoms with Gasteiger partial charge in [0, 0.05) is 24.2 Å². The molecular formula is C13H19N3O2. The predicted octanol–water partition coefficient (Wildman–Crippen LogP) is 0.606. The van der Waals surface area contributed by atoms with Crippen LogP contribution in [-0.2, 0) is 11.2 Å². The van der Waals surface area contributed by atoms with Crippen molar-refractivity contribution in [3.05, 3.63) is 33.7 Å². The zero-order valence-electron chi connectivity index (χ0n) is 10.5. The van der Waals surface area contributed by atoms with Crippen molar-refractivity contribution in [1.82, 2.24) is 10.3 Å². The first-order valence-corrected chi connectivity index (χ1v) is 6.33. The Morgan fingerprint density at radius 2 is 2.39 bits per heavy atom. The van der Waals surface area contributed by atoms with Crippen molar-refractivity contribution in [1.29, 1.82) is 0 Å². The first-order valence-electron chi connectivity index (χ1n) is 6.33. The Morgan fingerprint density at radius 1 is 1.61 bits per heavy atom. The third-order valence-electron chi connectivity index (χ3n) is 3.17. The number of rotatable bonds is 3. The van der Waals surface area contributed by atoms with Crippen LogP contribution in [0, 0.1) is 0 Å². The van der Waals surface area contributed by atoms with E-state index < -0.39 is 0 Å². The number of nitrogens with one attached hydrogen (secondary N) is 2. The Hall–Kier alpha value is -1.62. The summed E-state index contributed by atoms with van der Waals surface area (Å²) in [7, 11) is 0. The Kier molecular flexibility index (Phi) is 3.81. The third-order valence-corrected chi connectivity index (χ3v) is 3.17. The maximum absolute atomic E-state index is 11.7. The van der Waals surface area contributed by atoms with E-state index in [9.17, 15) is 9.59 Å². The number of aromatic amines is 1. The van der Waals surface area contributed by atoms with Gasteiger partial charge in [0.1, 0.15) is 0 Å². The van der Waals surface area contributed by atoms with E-state index in [0.29, 0.717) is 6.42 Å². The minimum absolute atomic E-state index is 0.00292. The molecule has 0 aromatic carbocycles. The monoisotopic (exact) mass is 249 g/mol. The molecule has 2 rings (SSSR count). The molecule has 1 amide bonds. The van der Waals surface area contributed by atoms with Crippen LogP contribution in [-0.4, -0.2) is 16.9 Å². The van der Waals surface area contributed by atoms with Crippen LogP contribution in [0.4, 0.5) is 0 Å². The summed E-state index contributed by atoms with van der Waals surface area (Å²) in [5, 5.41) is 2.98. The molecule has 0 radical (unpaired) electrons. The summed E-state index contributed by atoms with van der Waals surface area (Å²) in [5.41, 5.74) is 7.49. The lowest BCUT2D eigenvalue weighted by Gasteiger charge is -2.26. The van der Waals surface area contributed by atoms with E-state index in [1.54, 1.807) is 0 Å². The lowest BCUT2D eigenvalue weighted by atomic mass is 9.91. The smallest absolute Gasteiger partial charge is 0.248 e. The van der Waals surface area contributed by atoms with Crippen LogP contribution in [0.1, 0.15) is 43.5 Å². The standard InChI is InChI=1S/C13H19N3O2/c1-8(14)7-13(18)16-11-4-2-3-10-9(11)5-6-12(17)15-10/h5-6,8,11H,2-4,7,14H2,1H3,(H,15,17)(H,16,18). The molecule has 1 aromatic heterocycles. The van der Waals surface area contributed by atoms with Gasteiger partial charge < -0.3 is 16.0 Å². The van der Waals surface area contributed by atoms with E-state index in [0.717, 1.165) is 30.5 Å². The molecule has 1 aromatic rings. The number of hydrogen-bond donors (Lipinski definition) is 3. The zero-order chi connectivity index (χ0) is 13.1. The molecule has 1 aliphatic carbocycles. The SMILES string of the molecule is CC(N)CC(=O)NC1CCCc2[nH]c(=O)ccc21. The molecule has 2 atom stereocenters. The summed E-state index contributed by atoms with van der Waals surface area (Å²) in [6, 6.07) is 3.18. The van der Waals surface area contributed by atoms with Gasteiger partial charge in [-0.3, -0.25) is 9.59 Å². The number of nitrogens with two attached hydrogens (primary N) is 1. The highest BCUT2D eigenvalue weighted by atomic mass is 16.1. The number of hydrogen-bond acceptors (Lipinski definition) is 3. The lowest BCUT2D eigenvalue weighted by molar-refractivity contribution is -0.122. The maximum atomic E-state index is 11.7. The van der Waals surface area contributed by atoms with Gasteiger partial charge in [0.2, 0.25) is 11.5 Å². The molecule has 0 bridgehead atoms. The van der Waals surface area contributed by atoms with Crippen molar-refractivity contribution in [3.8, 4) is 0 Å². The maximum Gasteiger partial charge on any atom is 0.248 e. The van der Waals surface area contributed by atoms with Crippen molar-refractivity contribution in [2.45, 2.75) is 44.7 Å². The van der Waals surface area contributed by atoms with E-state index in [-0.39, 0.29) is 23.6 Å². The fraction of sp³-hybridized carbons (Fsp3) is 0.538. The second kappa shape index (κ2) is 5.35. The largest absolute Gasteiger partial charge is 0.349 e. The molecule has 2 unspecified atom stereocenters. The van der Waals surface area contributed by atoms with E-state index in [2.05, 4.69) is 10.3 Å². The molecule has 0 aliphatic heterocycles. The van der Waals surface area contributed by atoms with Crippen molar-refractivity contribution in [2.75, 3.05) is 0 Å². The Morgan fingerprint density at radius 3 is 3.11 bits per heavy atom. The van der Waals surface area contributed by atoms with Crippen LogP contribution in [0.25, 0.3) is 0 Å². The number of carbonyl (C=O) groups is 1. The van der Waals surface area contributed by atoms with Crippen LogP contribution in [0.3, 0.4) is 0 Å². The quantitative estimate of drug-likeness (QED) is 0.733. The molecule has 0 saturated carbocycles. The van der Waals surface area contributed by atoms with Crippen molar-refractivity contribution in [3.63, 3.8) is 0 Å². The fourth-order valence-electron chi connectivity index (χ4n) is 2.40. The summed E-state index contributed by atoms with van der Waals surface area (Å²) in [5.74, 6) is -0.0333. The van der Waals surface area contributed by atoms with Gasteiger partial charge in [-0.2, -0.15) is 0 Å². The molecular weight excluding hydrogens is 230 g/mol. The number of aryl methyl sites for hydroxylation is 1. The number of H-pyrrole nitrogens is 1. The third kappa shape index (κ3) is 2.98. The van der Waals surface area contributed by atoms with Crippen molar-refractivity contribution in [2.24, 2.45) is 5.73 Å². The second-order valence-electron chi connectivity index (χ2n) is 4.95. The van der Waals surface area contributed by atoms with Gasteiger partial charge in [-0.05, 0) is 37.8 Å². The lowest BCUT2D eigenvalue weighted by Crippen LogP contribution is -2.35.